The van der Waals surface area contributed by atoms with Crippen LogP contribution in [0, 0.1) is 12.8 Å². The maximum Gasteiger partial charge on any atom is 0.573 e. The number of aliphatic hydroxyl groups excluding tert-OH is 2. The molecule has 0 saturated heterocycles. The van der Waals surface area contributed by atoms with Crippen LogP contribution in [0.1, 0.15) is 24.6 Å². The summed E-state index contributed by atoms with van der Waals surface area (Å²) in [7, 11) is 0. The van der Waals surface area contributed by atoms with Crippen LogP contribution in [0.5, 0.6) is 5.75 Å². The molecule has 0 amide bonds. The molecule has 5 rings (SSSR count). The highest BCUT2D eigenvalue weighted by Gasteiger charge is 2.50. The highest BCUT2D eigenvalue weighted by Crippen LogP contribution is 2.40. The van der Waals surface area contributed by atoms with E-state index in [1.807, 2.05) is 6.07 Å². The molecule has 1 unspecified atom stereocenters. The number of hydrogen-bond acceptors (Lipinski definition) is 11. The molecule has 4 aromatic rings. The first-order valence-electron chi connectivity index (χ1n) is 12.4. The lowest BCUT2D eigenvalue weighted by Crippen LogP contribution is -2.48. The minimum absolute atomic E-state index is 0.212. The molecule has 1 aliphatic rings. The van der Waals surface area contributed by atoms with Gasteiger partial charge in [0.2, 0.25) is 5.95 Å². The Hall–Kier alpha value is -3.59. The van der Waals surface area contributed by atoms with E-state index in [9.17, 15) is 28.5 Å². The smallest absolute Gasteiger partial charge is 0.406 e. The molecule has 0 bridgehead atoms. The third-order valence-corrected chi connectivity index (χ3v) is 7.99. The number of hydrogen-bond donors (Lipinski definition) is 5. The molecule has 1 aromatic carbocycles. The van der Waals surface area contributed by atoms with Gasteiger partial charge in [-0.2, -0.15) is 4.98 Å². The number of aromatic nitrogens is 4. The standard InChI is InChI=1S/C26H27F3N6O4S/c1-13-20(23-33-17-11-30-8-7-18(17)40-23)22(34-19-9-15(12-36)21(37)25(19,2)38)35-24(32-13)31-10-14-3-5-16(6-4-14)39-26(27,28)29/h3-8,11,15,19,21,36-38H,9-10,12H2,1-2H3,(H2,31,32,34,35)/t15-,19?,21-,25+/m1/s1. The second-order valence-electron chi connectivity index (χ2n) is 9.81. The fourth-order valence-corrected chi connectivity index (χ4v) is 5.82. The van der Waals surface area contributed by atoms with Gasteiger partial charge >= 0.3 is 6.36 Å². The zero-order valence-corrected chi connectivity index (χ0v) is 22.3. The lowest BCUT2D eigenvalue weighted by molar-refractivity contribution is -0.274. The molecule has 1 fully saturated rings. The zero-order chi connectivity index (χ0) is 28.7. The number of thiazole rings is 1. The van der Waals surface area contributed by atoms with Gasteiger partial charge in [0, 0.05) is 25.3 Å². The topological polar surface area (TPSA) is 146 Å². The van der Waals surface area contributed by atoms with Gasteiger partial charge in [-0.15, -0.1) is 24.5 Å². The van der Waals surface area contributed by atoms with E-state index in [1.165, 1.54) is 42.5 Å². The number of nitrogens with one attached hydrogen (secondary N) is 2. The summed E-state index contributed by atoms with van der Waals surface area (Å²) in [6, 6.07) is 6.65. The first-order valence-corrected chi connectivity index (χ1v) is 13.2. The van der Waals surface area contributed by atoms with Crippen molar-refractivity contribution in [3.8, 4) is 16.3 Å². The largest absolute Gasteiger partial charge is 0.573 e. The first kappa shape index (κ1) is 28.0. The number of halogens is 3. The van der Waals surface area contributed by atoms with Crippen LogP contribution in [0.2, 0.25) is 0 Å². The van der Waals surface area contributed by atoms with Crippen molar-refractivity contribution in [1.29, 1.82) is 0 Å². The van der Waals surface area contributed by atoms with Crippen molar-refractivity contribution in [2.75, 3.05) is 17.2 Å². The van der Waals surface area contributed by atoms with Crippen LogP contribution >= 0.6 is 11.3 Å². The van der Waals surface area contributed by atoms with E-state index >= 15 is 0 Å². The molecule has 4 atom stereocenters. The van der Waals surface area contributed by atoms with Crippen molar-refractivity contribution in [2.45, 2.75) is 50.9 Å². The van der Waals surface area contributed by atoms with Crippen LogP contribution in [-0.4, -0.2) is 66.0 Å². The quantitative estimate of drug-likeness (QED) is 0.210. The van der Waals surface area contributed by atoms with Gasteiger partial charge in [-0.05, 0) is 44.0 Å². The fraction of sp³-hybridized carbons (Fsp3) is 0.385. The number of aryl methyl sites for hydroxylation is 1. The normalized spacial score (nSPS) is 22.9. The van der Waals surface area contributed by atoms with Crippen molar-refractivity contribution in [3.05, 3.63) is 54.0 Å². The Kier molecular flexibility index (Phi) is 7.52. The number of anilines is 2. The van der Waals surface area contributed by atoms with Crippen LogP contribution in [0.25, 0.3) is 20.8 Å². The van der Waals surface area contributed by atoms with Crippen LogP contribution in [-0.2, 0) is 6.54 Å². The van der Waals surface area contributed by atoms with Gasteiger partial charge in [-0.3, -0.25) is 4.98 Å². The monoisotopic (exact) mass is 576 g/mol. The van der Waals surface area contributed by atoms with E-state index in [-0.39, 0.29) is 24.8 Å². The summed E-state index contributed by atoms with van der Waals surface area (Å²) in [4.78, 5) is 18.0. The molecule has 0 radical (unpaired) electrons. The molecule has 0 aliphatic heterocycles. The van der Waals surface area contributed by atoms with Crippen molar-refractivity contribution in [3.63, 3.8) is 0 Å². The zero-order valence-electron chi connectivity index (χ0n) is 21.5. The number of ether oxygens (including phenoxy) is 1. The molecule has 3 heterocycles. The summed E-state index contributed by atoms with van der Waals surface area (Å²) in [5, 5.41) is 38.3. The second kappa shape index (κ2) is 10.8. The Balaban J connectivity index is 1.45. The second-order valence-corrected chi connectivity index (χ2v) is 10.8. The minimum atomic E-state index is -4.77. The van der Waals surface area contributed by atoms with Crippen LogP contribution in [0.15, 0.2) is 42.7 Å². The Morgan fingerprint density at radius 1 is 1.15 bits per heavy atom. The maximum atomic E-state index is 12.5. The summed E-state index contributed by atoms with van der Waals surface area (Å²) in [6.45, 7) is 3.23. The summed E-state index contributed by atoms with van der Waals surface area (Å²) >= 11 is 1.43. The van der Waals surface area contributed by atoms with E-state index in [0.29, 0.717) is 39.6 Å². The van der Waals surface area contributed by atoms with Gasteiger partial charge in [0.25, 0.3) is 0 Å². The van der Waals surface area contributed by atoms with Crippen molar-refractivity contribution in [2.24, 2.45) is 5.92 Å². The van der Waals surface area contributed by atoms with E-state index in [1.54, 1.807) is 19.3 Å². The number of aliphatic hydroxyl groups is 3. The Bertz CT molecular complexity index is 1470. The van der Waals surface area contributed by atoms with Crippen LogP contribution in [0.3, 0.4) is 0 Å². The average Bonchev–Trinajstić information content (AvgIpc) is 3.41. The number of fused-ring (bicyclic) bond motifs is 1. The molecule has 40 heavy (non-hydrogen) atoms. The number of nitrogens with zero attached hydrogens (tertiary/aromatic N) is 4. The summed E-state index contributed by atoms with van der Waals surface area (Å²) in [5.74, 6) is -0.238. The fourth-order valence-electron chi connectivity index (χ4n) is 4.79. The predicted octanol–water partition coefficient (Wildman–Crippen LogP) is 3.87. The third-order valence-electron chi connectivity index (χ3n) is 6.94. The third kappa shape index (κ3) is 5.80. The maximum absolute atomic E-state index is 12.5. The number of alkyl halides is 3. The van der Waals surface area contributed by atoms with Gasteiger partial charge in [-0.25, -0.2) is 9.97 Å². The lowest BCUT2D eigenvalue weighted by atomic mass is 9.96. The molecule has 5 N–H and O–H groups in total. The highest BCUT2D eigenvalue weighted by molar-refractivity contribution is 7.21. The SMILES string of the molecule is Cc1nc(NCc2ccc(OC(F)(F)F)cc2)nc(NC2C[C@H](CO)[C@@H](O)[C@@]2(C)O)c1-c1nc2cnccc2s1. The lowest BCUT2D eigenvalue weighted by Gasteiger charge is -2.30. The Labute approximate surface area is 230 Å². The van der Waals surface area contributed by atoms with Crippen LogP contribution < -0.4 is 15.4 Å². The molecule has 3 aromatic heterocycles. The first-order chi connectivity index (χ1) is 18.9. The van der Waals surface area contributed by atoms with Gasteiger partial charge in [0.05, 0.1) is 34.3 Å². The van der Waals surface area contributed by atoms with Gasteiger partial charge in [0.15, 0.2) is 0 Å². The van der Waals surface area contributed by atoms with Gasteiger partial charge in [0.1, 0.15) is 27.7 Å². The molecule has 212 valence electrons. The number of pyridine rings is 1. The molecule has 0 spiro atoms. The summed E-state index contributed by atoms with van der Waals surface area (Å²) in [6.07, 6.45) is -2.28. The van der Waals surface area contributed by atoms with Crippen molar-refractivity contribution < 1.29 is 33.2 Å². The number of benzene rings is 1. The van der Waals surface area contributed by atoms with Gasteiger partial charge in [-0.1, -0.05) is 12.1 Å². The van der Waals surface area contributed by atoms with E-state index in [0.717, 1.165) is 4.70 Å². The molecule has 1 saturated carbocycles. The predicted molar refractivity (Wildman–Crippen MR) is 143 cm³/mol. The molecule has 1 aliphatic carbocycles. The minimum Gasteiger partial charge on any atom is -0.406 e. The Morgan fingerprint density at radius 3 is 2.55 bits per heavy atom. The Morgan fingerprint density at radius 2 is 1.90 bits per heavy atom. The van der Waals surface area contributed by atoms with Gasteiger partial charge < -0.3 is 30.7 Å². The molecular weight excluding hydrogens is 549 g/mol. The molecule has 14 heteroatoms. The van der Waals surface area contributed by atoms with Crippen molar-refractivity contribution in [1.82, 2.24) is 19.9 Å². The van der Waals surface area contributed by atoms with E-state index < -0.39 is 30.0 Å². The molecular formula is C26H27F3N6O4S. The van der Waals surface area contributed by atoms with Crippen LogP contribution in [0.4, 0.5) is 24.9 Å². The number of rotatable bonds is 8. The highest BCUT2D eigenvalue weighted by atomic mass is 32.1. The summed E-state index contributed by atoms with van der Waals surface area (Å²) < 4.78 is 42.2. The van der Waals surface area contributed by atoms with Crippen molar-refractivity contribution >= 4 is 33.3 Å². The summed E-state index contributed by atoms with van der Waals surface area (Å²) in [5.41, 5.74) is 1.02. The molecule has 10 nitrogen and oxygen atoms in total. The average molecular weight is 577 g/mol. The van der Waals surface area contributed by atoms with E-state index in [2.05, 4.69) is 30.3 Å². The van der Waals surface area contributed by atoms with E-state index in [4.69, 9.17) is 4.98 Å².